The number of benzene rings is 2. The molecular formula is C17H19NO4S. The Morgan fingerprint density at radius 3 is 2.30 bits per heavy atom. The van der Waals surface area contributed by atoms with E-state index in [1.807, 2.05) is 26.0 Å². The summed E-state index contributed by atoms with van der Waals surface area (Å²) in [7, 11) is -3.76. The van der Waals surface area contributed by atoms with Gasteiger partial charge in [0, 0.05) is 0 Å². The van der Waals surface area contributed by atoms with Crippen molar-refractivity contribution < 1.29 is 18.3 Å². The van der Waals surface area contributed by atoms with Gasteiger partial charge >= 0.3 is 5.97 Å². The molecule has 6 heteroatoms. The minimum atomic E-state index is -3.76. The Labute approximate surface area is 136 Å². The molecule has 0 saturated heterocycles. The molecular weight excluding hydrogens is 314 g/mol. The SMILES string of the molecule is CCC(C)c1ccccc1NS(=O)(=O)c1ccc(C(=O)O)cc1. The number of anilines is 1. The molecule has 0 fully saturated rings. The fraction of sp³-hybridized carbons (Fsp3) is 0.235. The molecule has 0 bridgehead atoms. The van der Waals surface area contributed by atoms with Crippen LogP contribution < -0.4 is 4.72 Å². The smallest absolute Gasteiger partial charge is 0.335 e. The van der Waals surface area contributed by atoms with E-state index in [2.05, 4.69) is 4.72 Å². The predicted octanol–water partition coefficient (Wildman–Crippen LogP) is 3.70. The van der Waals surface area contributed by atoms with Crippen LogP contribution in [0.3, 0.4) is 0 Å². The maximum absolute atomic E-state index is 12.5. The van der Waals surface area contributed by atoms with Gasteiger partial charge in [-0.2, -0.15) is 0 Å². The van der Waals surface area contributed by atoms with Crippen LogP contribution in [0.1, 0.15) is 42.1 Å². The van der Waals surface area contributed by atoms with Crippen molar-refractivity contribution in [2.75, 3.05) is 4.72 Å². The summed E-state index contributed by atoms with van der Waals surface area (Å²) in [6.45, 7) is 4.08. The second-order valence-corrected chi connectivity index (χ2v) is 7.01. The maximum atomic E-state index is 12.5. The van der Waals surface area contributed by atoms with Gasteiger partial charge in [-0.05, 0) is 48.2 Å². The van der Waals surface area contributed by atoms with Crippen molar-refractivity contribution in [2.24, 2.45) is 0 Å². The van der Waals surface area contributed by atoms with Crippen LogP contribution in [0.25, 0.3) is 0 Å². The number of nitrogens with one attached hydrogen (secondary N) is 1. The number of carboxylic acids is 1. The Kier molecular flexibility index (Phi) is 5.05. The van der Waals surface area contributed by atoms with Crippen molar-refractivity contribution in [2.45, 2.75) is 31.1 Å². The Morgan fingerprint density at radius 1 is 1.13 bits per heavy atom. The zero-order valence-electron chi connectivity index (χ0n) is 13.0. The number of hydrogen-bond donors (Lipinski definition) is 2. The Morgan fingerprint density at radius 2 is 1.74 bits per heavy atom. The van der Waals surface area contributed by atoms with Gasteiger partial charge in [-0.25, -0.2) is 13.2 Å². The van der Waals surface area contributed by atoms with E-state index < -0.39 is 16.0 Å². The summed E-state index contributed by atoms with van der Waals surface area (Å²) in [6, 6.07) is 12.4. The first-order valence-electron chi connectivity index (χ1n) is 7.30. The van der Waals surface area contributed by atoms with E-state index in [9.17, 15) is 13.2 Å². The Balaban J connectivity index is 2.33. The summed E-state index contributed by atoms with van der Waals surface area (Å²) in [5.74, 6) is -0.868. The third-order valence-electron chi connectivity index (χ3n) is 3.76. The van der Waals surface area contributed by atoms with Crippen LogP contribution in [-0.2, 0) is 10.0 Å². The topological polar surface area (TPSA) is 83.5 Å². The van der Waals surface area contributed by atoms with Crippen molar-refractivity contribution in [3.05, 3.63) is 59.7 Å². The molecule has 2 aromatic carbocycles. The molecule has 0 aliphatic carbocycles. The van der Waals surface area contributed by atoms with E-state index in [1.165, 1.54) is 24.3 Å². The molecule has 23 heavy (non-hydrogen) atoms. The van der Waals surface area contributed by atoms with Crippen LogP contribution in [0.15, 0.2) is 53.4 Å². The highest BCUT2D eigenvalue weighted by Crippen LogP contribution is 2.28. The van der Waals surface area contributed by atoms with Crippen molar-refractivity contribution in [1.29, 1.82) is 0 Å². The third-order valence-corrected chi connectivity index (χ3v) is 5.14. The molecule has 0 amide bonds. The van der Waals surface area contributed by atoms with Crippen LogP contribution in [-0.4, -0.2) is 19.5 Å². The fourth-order valence-corrected chi connectivity index (χ4v) is 3.31. The molecule has 0 saturated carbocycles. The summed E-state index contributed by atoms with van der Waals surface area (Å²) in [6.07, 6.45) is 0.895. The van der Waals surface area contributed by atoms with E-state index in [0.717, 1.165) is 12.0 Å². The molecule has 0 heterocycles. The van der Waals surface area contributed by atoms with Gasteiger partial charge in [-0.1, -0.05) is 32.0 Å². The zero-order valence-corrected chi connectivity index (χ0v) is 13.8. The normalized spacial score (nSPS) is 12.6. The van der Waals surface area contributed by atoms with Crippen molar-refractivity contribution in [1.82, 2.24) is 0 Å². The standard InChI is InChI=1S/C17H19NO4S/c1-3-12(2)15-6-4-5-7-16(15)18-23(21,22)14-10-8-13(9-11-14)17(19)20/h4-12,18H,3H2,1-2H3,(H,19,20). The molecule has 2 N–H and O–H groups in total. The molecule has 0 aliphatic heterocycles. The molecule has 5 nitrogen and oxygen atoms in total. The van der Waals surface area contributed by atoms with E-state index in [0.29, 0.717) is 5.69 Å². The lowest BCUT2D eigenvalue weighted by atomic mass is 9.97. The van der Waals surface area contributed by atoms with Crippen LogP contribution >= 0.6 is 0 Å². The first-order chi connectivity index (χ1) is 10.8. The highest BCUT2D eigenvalue weighted by molar-refractivity contribution is 7.92. The first kappa shape index (κ1) is 17.0. The minimum Gasteiger partial charge on any atom is -0.478 e. The number of hydrogen-bond acceptors (Lipinski definition) is 3. The average molecular weight is 333 g/mol. The number of sulfonamides is 1. The van der Waals surface area contributed by atoms with E-state index in [1.54, 1.807) is 12.1 Å². The molecule has 0 radical (unpaired) electrons. The van der Waals surface area contributed by atoms with E-state index >= 15 is 0 Å². The summed E-state index contributed by atoms with van der Waals surface area (Å²) in [5, 5.41) is 8.87. The second kappa shape index (κ2) is 6.83. The highest BCUT2D eigenvalue weighted by atomic mass is 32.2. The lowest BCUT2D eigenvalue weighted by molar-refractivity contribution is 0.0696. The molecule has 2 aromatic rings. The summed E-state index contributed by atoms with van der Waals surface area (Å²) >= 11 is 0. The van der Waals surface area contributed by atoms with Crippen molar-refractivity contribution >= 4 is 21.7 Å². The molecule has 0 aromatic heterocycles. The Hall–Kier alpha value is -2.34. The first-order valence-corrected chi connectivity index (χ1v) is 8.78. The van der Waals surface area contributed by atoms with Crippen molar-refractivity contribution in [3.63, 3.8) is 0 Å². The third kappa shape index (κ3) is 3.90. The van der Waals surface area contributed by atoms with Gasteiger partial charge in [0.25, 0.3) is 10.0 Å². The second-order valence-electron chi connectivity index (χ2n) is 5.33. The fourth-order valence-electron chi connectivity index (χ4n) is 2.22. The van der Waals surface area contributed by atoms with Crippen LogP contribution in [0, 0.1) is 0 Å². The van der Waals surface area contributed by atoms with Gasteiger partial charge < -0.3 is 5.11 Å². The molecule has 1 atom stereocenters. The van der Waals surface area contributed by atoms with Gasteiger partial charge in [0.1, 0.15) is 0 Å². The van der Waals surface area contributed by atoms with Crippen LogP contribution in [0.5, 0.6) is 0 Å². The van der Waals surface area contributed by atoms with Crippen molar-refractivity contribution in [3.8, 4) is 0 Å². The molecule has 2 rings (SSSR count). The lowest BCUT2D eigenvalue weighted by Crippen LogP contribution is -2.15. The highest BCUT2D eigenvalue weighted by Gasteiger charge is 2.18. The molecule has 0 spiro atoms. The van der Waals surface area contributed by atoms with Gasteiger partial charge in [0.15, 0.2) is 0 Å². The quantitative estimate of drug-likeness (QED) is 0.844. The van der Waals surface area contributed by atoms with Gasteiger partial charge in [0.05, 0.1) is 16.1 Å². The number of rotatable bonds is 6. The number of para-hydroxylation sites is 1. The largest absolute Gasteiger partial charge is 0.478 e. The summed E-state index contributed by atoms with van der Waals surface area (Å²) in [5.41, 5.74) is 1.52. The zero-order chi connectivity index (χ0) is 17.0. The number of carbonyl (C=O) groups is 1. The summed E-state index contributed by atoms with van der Waals surface area (Å²) < 4.78 is 27.6. The lowest BCUT2D eigenvalue weighted by Gasteiger charge is -2.16. The number of carboxylic acid groups (broad SMARTS) is 1. The summed E-state index contributed by atoms with van der Waals surface area (Å²) in [4.78, 5) is 10.9. The predicted molar refractivity (Wildman–Crippen MR) is 89.4 cm³/mol. The van der Waals surface area contributed by atoms with Gasteiger partial charge in [0.2, 0.25) is 0 Å². The van der Waals surface area contributed by atoms with Gasteiger partial charge in [-0.15, -0.1) is 0 Å². The van der Waals surface area contributed by atoms with Gasteiger partial charge in [-0.3, -0.25) is 4.72 Å². The van der Waals surface area contributed by atoms with Crippen LogP contribution in [0.4, 0.5) is 5.69 Å². The Bertz CT molecular complexity index is 798. The average Bonchev–Trinajstić information content (AvgIpc) is 2.54. The minimum absolute atomic E-state index is 0.0291. The van der Waals surface area contributed by atoms with Crippen LogP contribution in [0.2, 0.25) is 0 Å². The molecule has 122 valence electrons. The maximum Gasteiger partial charge on any atom is 0.335 e. The molecule has 0 aliphatic rings. The monoisotopic (exact) mass is 333 g/mol. The number of aromatic carboxylic acids is 1. The molecule has 1 unspecified atom stereocenters. The van der Waals surface area contributed by atoms with E-state index in [4.69, 9.17) is 5.11 Å². The van der Waals surface area contributed by atoms with E-state index in [-0.39, 0.29) is 16.4 Å².